The maximum absolute atomic E-state index is 11.9. The Balaban J connectivity index is 2.63. The van der Waals surface area contributed by atoms with E-state index in [4.69, 9.17) is 5.11 Å². The predicted octanol–water partition coefficient (Wildman–Crippen LogP) is 1.23. The van der Waals surface area contributed by atoms with E-state index >= 15 is 0 Å². The molecule has 0 unspecified atom stereocenters. The molecule has 0 aromatic carbocycles. The van der Waals surface area contributed by atoms with Crippen LogP contribution in [0.3, 0.4) is 0 Å². The molecule has 17 heavy (non-hydrogen) atoms. The Morgan fingerprint density at radius 3 is 2.94 bits per heavy atom. The molecule has 94 valence electrons. The van der Waals surface area contributed by atoms with Crippen LogP contribution in [-0.2, 0) is 0 Å². The number of amides is 1. The number of hydrogen-bond donors (Lipinski definition) is 2. The Morgan fingerprint density at radius 1 is 1.59 bits per heavy atom. The lowest BCUT2D eigenvalue weighted by Gasteiger charge is -2.16. The molecule has 0 saturated carbocycles. The van der Waals surface area contributed by atoms with Crippen molar-refractivity contribution in [2.75, 3.05) is 18.6 Å². The molecule has 1 aromatic rings. The fourth-order valence-electron chi connectivity index (χ4n) is 1.50. The highest BCUT2D eigenvalue weighted by molar-refractivity contribution is 7.98. The van der Waals surface area contributed by atoms with Crippen LogP contribution in [0.15, 0.2) is 18.5 Å². The largest absolute Gasteiger partial charge is 0.396 e. The molecule has 0 radical (unpaired) electrons. The number of aliphatic hydroxyl groups is 1. The van der Waals surface area contributed by atoms with Crippen LogP contribution in [0.4, 0.5) is 0 Å². The molecule has 0 aliphatic heterocycles. The molecule has 1 heterocycles. The first-order chi connectivity index (χ1) is 8.17. The number of rotatable bonds is 6. The summed E-state index contributed by atoms with van der Waals surface area (Å²) < 4.78 is 0. The minimum Gasteiger partial charge on any atom is -0.396 e. The molecule has 5 heteroatoms. The van der Waals surface area contributed by atoms with Crippen molar-refractivity contribution in [2.24, 2.45) is 0 Å². The third-order valence-electron chi connectivity index (χ3n) is 2.32. The number of aliphatic hydroxyl groups excluding tert-OH is 1. The normalized spacial score (nSPS) is 12.2. The molecule has 0 spiro atoms. The van der Waals surface area contributed by atoms with Gasteiger partial charge in [0.15, 0.2) is 0 Å². The highest BCUT2D eigenvalue weighted by Crippen LogP contribution is 2.05. The smallest absolute Gasteiger partial charge is 0.253 e. The molecule has 0 bridgehead atoms. The number of aromatic nitrogens is 1. The second-order valence-electron chi connectivity index (χ2n) is 3.89. The lowest BCUT2D eigenvalue weighted by Crippen LogP contribution is -2.37. The number of thioether (sulfide) groups is 1. The van der Waals surface area contributed by atoms with Crippen LogP contribution in [0.2, 0.25) is 0 Å². The van der Waals surface area contributed by atoms with Crippen molar-refractivity contribution in [3.05, 3.63) is 29.6 Å². The molecular weight excluding hydrogens is 236 g/mol. The van der Waals surface area contributed by atoms with Crippen LogP contribution >= 0.6 is 11.8 Å². The minimum absolute atomic E-state index is 0.00279. The van der Waals surface area contributed by atoms with Crippen LogP contribution in [0.25, 0.3) is 0 Å². The van der Waals surface area contributed by atoms with Gasteiger partial charge in [0.05, 0.1) is 5.56 Å². The van der Waals surface area contributed by atoms with Gasteiger partial charge >= 0.3 is 0 Å². The van der Waals surface area contributed by atoms with Crippen molar-refractivity contribution in [2.45, 2.75) is 19.4 Å². The molecule has 0 aliphatic rings. The lowest BCUT2D eigenvalue weighted by atomic mass is 10.2. The zero-order chi connectivity index (χ0) is 12.7. The third-order valence-corrected chi connectivity index (χ3v) is 3.05. The summed E-state index contributed by atoms with van der Waals surface area (Å²) in [5, 5.41) is 11.8. The third kappa shape index (κ3) is 4.75. The van der Waals surface area contributed by atoms with Gasteiger partial charge in [-0.2, -0.15) is 11.8 Å². The van der Waals surface area contributed by atoms with E-state index in [-0.39, 0.29) is 18.6 Å². The van der Waals surface area contributed by atoms with E-state index in [0.29, 0.717) is 12.0 Å². The summed E-state index contributed by atoms with van der Waals surface area (Å²) in [5.41, 5.74) is 1.52. The molecular formula is C12H18N2O2S. The zero-order valence-electron chi connectivity index (χ0n) is 10.1. The summed E-state index contributed by atoms with van der Waals surface area (Å²) in [6.45, 7) is 1.98. The number of carbonyl (C=O) groups is 1. The van der Waals surface area contributed by atoms with Gasteiger partial charge in [-0.15, -0.1) is 0 Å². The molecule has 1 aromatic heterocycles. The van der Waals surface area contributed by atoms with E-state index in [1.807, 2.05) is 13.2 Å². The lowest BCUT2D eigenvalue weighted by molar-refractivity contribution is 0.0935. The number of carbonyl (C=O) groups excluding carboxylic acids is 1. The maximum atomic E-state index is 11.9. The number of nitrogens with zero attached hydrogens (tertiary/aromatic N) is 1. The van der Waals surface area contributed by atoms with Crippen molar-refractivity contribution in [3.8, 4) is 0 Å². The fourth-order valence-corrected chi connectivity index (χ4v) is 2.15. The van der Waals surface area contributed by atoms with Gasteiger partial charge in [0.25, 0.3) is 5.91 Å². The van der Waals surface area contributed by atoms with Gasteiger partial charge in [0.2, 0.25) is 0 Å². The quantitative estimate of drug-likeness (QED) is 0.801. The average Bonchev–Trinajstić information content (AvgIpc) is 2.29. The van der Waals surface area contributed by atoms with Gasteiger partial charge in [0.1, 0.15) is 0 Å². The molecule has 0 fully saturated rings. The Labute approximate surface area is 106 Å². The molecule has 1 amide bonds. The number of pyridine rings is 1. The first-order valence-electron chi connectivity index (χ1n) is 5.49. The number of nitrogens with one attached hydrogen (secondary N) is 1. The van der Waals surface area contributed by atoms with Crippen molar-refractivity contribution in [1.29, 1.82) is 0 Å². The van der Waals surface area contributed by atoms with Crippen LogP contribution in [0, 0.1) is 6.92 Å². The van der Waals surface area contributed by atoms with E-state index in [0.717, 1.165) is 11.3 Å². The van der Waals surface area contributed by atoms with E-state index in [1.54, 1.807) is 30.2 Å². The van der Waals surface area contributed by atoms with Crippen LogP contribution in [-0.4, -0.2) is 40.7 Å². The van der Waals surface area contributed by atoms with Gasteiger partial charge in [-0.1, -0.05) is 0 Å². The Kier molecular flexibility index (Phi) is 6.00. The monoisotopic (exact) mass is 254 g/mol. The first-order valence-corrected chi connectivity index (χ1v) is 6.89. The van der Waals surface area contributed by atoms with Gasteiger partial charge in [-0.05, 0) is 31.2 Å². The second kappa shape index (κ2) is 7.29. The predicted molar refractivity (Wildman–Crippen MR) is 70.3 cm³/mol. The summed E-state index contributed by atoms with van der Waals surface area (Å²) >= 11 is 1.65. The zero-order valence-corrected chi connectivity index (χ0v) is 11.0. The van der Waals surface area contributed by atoms with Crippen molar-refractivity contribution in [1.82, 2.24) is 10.3 Å². The van der Waals surface area contributed by atoms with Crippen molar-refractivity contribution in [3.63, 3.8) is 0 Å². The molecule has 2 N–H and O–H groups in total. The molecule has 0 saturated heterocycles. The van der Waals surface area contributed by atoms with E-state index in [2.05, 4.69) is 10.3 Å². The summed E-state index contributed by atoms with van der Waals surface area (Å²) in [6, 6.07) is 1.81. The summed E-state index contributed by atoms with van der Waals surface area (Å²) in [4.78, 5) is 15.9. The van der Waals surface area contributed by atoms with Gasteiger partial charge in [-0.25, -0.2) is 0 Å². The molecule has 1 atom stereocenters. The summed E-state index contributed by atoms with van der Waals surface area (Å²) in [7, 11) is 0. The standard InChI is InChI=1S/C12H18N2O2S/c1-9-5-10(7-13-6-9)12(16)14-11(3-4-15)8-17-2/h5-7,11,15H,3-4,8H2,1-2H3,(H,14,16)/t11-/m0/s1. The van der Waals surface area contributed by atoms with E-state index in [1.165, 1.54) is 0 Å². The summed E-state index contributed by atoms with van der Waals surface area (Å²) in [5.74, 6) is 0.666. The Hall–Kier alpha value is -1.07. The number of aryl methyl sites for hydroxylation is 1. The summed E-state index contributed by atoms with van der Waals surface area (Å²) in [6.07, 6.45) is 5.82. The van der Waals surface area contributed by atoms with Gasteiger partial charge in [-0.3, -0.25) is 9.78 Å². The second-order valence-corrected chi connectivity index (χ2v) is 4.80. The average molecular weight is 254 g/mol. The highest BCUT2D eigenvalue weighted by atomic mass is 32.2. The highest BCUT2D eigenvalue weighted by Gasteiger charge is 2.13. The Morgan fingerprint density at radius 2 is 2.35 bits per heavy atom. The van der Waals surface area contributed by atoms with Crippen molar-refractivity contribution >= 4 is 17.7 Å². The maximum Gasteiger partial charge on any atom is 0.253 e. The van der Waals surface area contributed by atoms with Gasteiger partial charge in [0, 0.05) is 30.8 Å². The van der Waals surface area contributed by atoms with Crippen LogP contribution in [0.1, 0.15) is 22.3 Å². The van der Waals surface area contributed by atoms with Crippen LogP contribution in [0.5, 0.6) is 0 Å². The topological polar surface area (TPSA) is 62.2 Å². The van der Waals surface area contributed by atoms with Gasteiger partial charge < -0.3 is 10.4 Å². The van der Waals surface area contributed by atoms with Crippen LogP contribution < -0.4 is 5.32 Å². The van der Waals surface area contributed by atoms with E-state index in [9.17, 15) is 4.79 Å². The first kappa shape index (κ1) is 14.0. The molecule has 4 nitrogen and oxygen atoms in total. The molecule has 1 rings (SSSR count). The van der Waals surface area contributed by atoms with E-state index < -0.39 is 0 Å². The fraction of sp³-hybridized carbons (Fsp3) is 0.500. The SMILES string of the molecule is CSC[C@H](CCO)NC(=O)c1cncc(C)c1. The minimum atomic E-state index is -0.131. The molecule has 0 aliphatic carbocycles. The number of hydrogen-bond acceptors (Lipinski definition) is 4. The van der Waals surface area contributed by atoms with Crippen molar-refractivity contribution < 1.29 is 9.90 Å². The Bertz CT molecular complexity index is 365.